The molecule has 1 fully saturated rings. The van der Waals surface area contributed by atoms with Crippen molar-refractivity contribution in [1.29, 1.82) is 0 Å². The van der Waals surface area contributed by atoms with Crippen molar-refractivity contribution in [2.24, 2.45) is 0 Å². The van der Waals surface area contributed by atoms with E-state index in [0.29, 0.717) is 43.2 Å². The number of carbonyl (C=O) groups is 2. The first-order valence-electron chi connectivity index (χ1n) is 9.41. The molecule has 0 aromatic heterocycles. The summed E-state index contributed by atoms with van der Waals surface area (Å²) in [5.41, 5.74) is 0.112. The summed E-state index contributed by atoms with van der Waals surface area (Å²) >= 11 is 0. The topological polar surface area (TPSA) is 61.9 Å². The van der Waals surface area contributed by atoms with Crippen LogP contribution in [0.4, 0.5) is 18.9 Å². The molecule has 30 heavy (non-hydrogen) atoms. The lowest BCUT2D eigenvalue weighted by atomic mass is 10.1. The number of benzene rings is 2. The number of alkyl halides is 3. The molecule has 0 bridgehead atoms. The predicted molar refractivity (Wildman–Crippen MR) is 106 cm³/mol. The minimum atomic E-state index is -4.40. The van der Waals surface area contributed by atoms with Crippen molar-refractivity contribution in [3.8, 4) is 5.75 Å². The predicted octanol–water partition coefficient (Wildman–Crippen LogP) is 2.79. The lowest BCUT2D eigenvalue weighted by Gasteiger charge is -2.36. The van der Waals surface area contributed by atoms with Crippen molar-refractivity contribution < 1.29 is 27.5 Å². The first kappa shape index (κ1) is 21.5. The van der Waals surface area contributed by atoms with Gasteiger partial charge in [0.1, 0.15) is 5.75 Å². The van der Waals surface area contributed by atoms with Crippen LogP contribution in [-0.4, -0.2) is 56.5 Å². The van der Waals surface area contributed by atoms with Crippen molar-refractivity contribution in [3.05, 3.63) is 59.7 Å². The van der Waals surface area contributed by atoms with Crippen LogP contribution in [0.5, 0.6) is 5.75 Å². The van der Waals surface area contributed by atoms with Gasteiger partial charge in [-0.3, -0.25) is 9.59 Å². The molecule has 0 atom stereocenters. The molecule has 1 aliphatic rings. The number of amides is 2. The Morgan fingerprint density at radius 2 is 1.73 bits per heavy atom. The first-order chi connectivity index (χ1) is 14.3. The van der Waals surface area contributed by atoms with Crippen LogP contribution in [0, 0.1) is 0 Å². The fourth-order valence-electron chi connectivity index (χ4n) is 3.29. The van der Waals surface area contributed by atoms with E-state index >= 15 is 0 Å². The molecule has 0 radical (unpaired) electrons. The normalized spacial score (nSPS) is 14.4. The number of halogens is 3. The number of anilines is 1. The number of hydrogen-bond donors (Lipinski definition) is 1. The summed E-state index contributed by atoms with van der Waals surface area (Å²) in [4.78, 5) is 28.1. The van der Waals surface area contributed by atoms with Gasteiger partial charge in [-0.25, -0.2) is 0 Å². The second-order valence-corrected chi connectivity index (χ2v) is 6.80. The molecule has 2 amide bonds. The molecule has 3 rings (SSSR count). The molecule has 0 spiro atoms. The summed E-state index contributed by atoms with van der Waals surface area (Å²) in [6, 6.07) is 11.9. The number of piperazine rings is 1. The third-order valence-corrected chi connectivity index (χ3v) is 4.92. The standard InChI is InChI=1S/C21H22F3N3O3/c1-30-18-8-3-2-7-17(18)20(29)25-14-19(28)27-11-9-26(10-12-27)16-6-4-5-15(13-16)21(22,23)24/h2-8,13H,9-12,14H2,1H3,(H,25,29). The molecular weight excluding hydrogens is 399 g/mol. The molecular formula is C21H22F3N3O3. The van der Waals surface area contributed by atoms with Crippen LogP contribution in [-0.2, 0) is 11.0 Å². The number of carbonyl (C=O) groups excluding carboxylic acids is 2. The third-order valence-electron chi connectivity index (χ3n) is 4.92. The molecule has 1 aliphatic heterocycles. The number of ether oxygens (including phenoxy) is 1. The van der Waals surface area contributed by atoms with Crippen LogP contribution in [0.3, 0.4) is 0 Å². The Hall–Kier alpha value is -3.23. The smallest absolute Gasteiger partial charge is 0.416 e. The Morgan fingerprint density at radius 3 is 2.40 bits per heavy atom. The van der Waals surface area contributed by atoms with Crippen LogP contribution in [0.2, 0.25) is 0 Å². The highest BCUT2D eigenvalue weighted by Gasteiger charge is 2.31. The van der Waals surface area contributed by atoms with E-state index in [0.717, 1.165) is 12.1 Å². The average molecular weight is 421 g/mol. The Kier molecular flexibility index (Phi) is 6.49. The van der Waals surface area contributed by atoms with Gasteiger partial charge < -0.3 is 19.9 Å². The molecule has 9 heteroatoms. The second-order valence-electron chi connectivity index (χ2n) is 6.80. The fraction of sp³-hybridized carbons (Fsp3) is 0.333. The van der Waals surface area contributed by atoms with E-state index in [-0.39, 0.29) is 12.5 Å². The Morgan fingerprint density at radius 1 is 1.03 bits per heavy atom. The third kappa shape index (κ3) is 5.03. The maximum atomic E-state index is 12.9. The molecule has 2 aromatic rings. The number of rotatable bonds is 5. The summed E-state index contributed by atoms with van der Waals surface area (Å²) in [6.07, 6.45) is -4.40. The molecule has 0 aliphatic carbocycles. The maximum absolute atomic E-state index is 12.9. The largest absolute Gasteiger partial charge is 0.496 e. The summed E-state index contributed by atoms with van der Waals surface area (Å²) < 4.78 is 43.9. The van der Waals surface area contributed by atoms with Gasteiger partial charge in [0.25, 0.3) is 5.91 Å². The van der Waals surface area contributed by atoms with Crippen molar-refractivity contribution in [2.45, 2.75) is 6.18 Å². The Labute approximate surface area is 172 Å². The highest BCUT2D eigenvalue weighted by atomic mass is 19.4. The van der Waals surface area contributed by atoms with Crippen molar-refractivity contribution in [3.63, 3.8) is 0 Å². The Bertz CT molecular complexity index is 910. The highest BCUT2D eigenvalue weighted by Crippen LogP contribution is 2.31. The molecule has 1 N–H and O–H groups in total. The fourth-order valence-corrected chi connectivity index (χ4v) is 3.29. The molecule has 1 heterocycles. The minimum absolute atomic E-state index is 0.166. The van der Waals surface area contributed by atoms with Crippen LogP contribution < -0.4 is 15.0 Å². The molecule has 0 saturated carbocycles. The van der Waals surface area contributed by atoms with E-state index in [4.69, 9.17) is 4.74 Å². The van der Waals surface area contributed by atoms with E-state index < -0.39 is 17.6 Å². The summed E-state index contributed by atoms with van der Waals surface area (Å²) in [7, 11) is 1.46. The summed E-state index contributed by atoms with van der Waals surface area (Å²) in [5, 5.41) is 2.59. The minimum Gasteiger partial charge on any atom is -0.496 e. The number of hydrogen-bond acceptors (Lipinski definition) is 4. The van der Waals surface area contributed by atoms with E-state index in [2.05, 4.69) is 5.32 Å². The zero-order chi connectivity index (χ0) is 21.7. The quantitative estimate of drug-likeness (QED) is 0.807. The van der Waals surface area contributed by atoms with Crippen molar-refractivity contribution in [2.75, 3.05) is 44.7 Å². The average Bonchev–Trinajstić information content (AvgIpc) is 2.76. The number of methoxy groups -OCH3 is 1. The number of nitrogens with zero attached hydrogens (tertiary/aromatic N) is 2. The monoisotopic (exact) mass is 421 g/mol. The van der Waals surface area contributed by atoms with Gasteiger partial charge in [-0.05, 0) is 30.3 Å². The van der Waals surface area contributed by atoms with Gasteiger partial charge in [-0.1, -0.05) is 18.2 Å². The molecule has 1 saturated heterocycles. The molecule has 0 unspecified atom stereocenters. The van der Waals surface area contributed by atoms with Gasteiger partial charge in [-0.2, -0.15) is 13.2 Å². The van der Waals surface area contributed by atoms with Gasteiger partial charge in [-0.15, -0.1) is 0 Å². The Balaban J connectivity index is 1.53. The first-order valence-corrected chi connectivity index (χ1v) is 9.41. The summed E-state index contributed by atoms with van der Waals surface area (Å²) in [6.45, 7) is 1.38. The zero-order valence-corrected chi connectivity index (χ0v) is 16.4. The van der Waals surface area contributed by atoms with Crippen molar-refractivity contribution >= 4 is 17.5 Å². The second kappa shape index (κ2) is 9.06. The molecule has 2 aromatic carbocycles. The highest BCUT2D eigenvalue weighted by molar-refractivity contribution is 5.98. The van der Waals surface area contributed by atoms with Gasteiger partial charge in [0.05, 0.1) is 24.8 Å². The van der Waals surface area contributed by atoms with E-state index in [1.807, 2.05) is 4.90 Å². The molecule has 160 valence electrons. The zero-order valence-electron chi connectivity index (χ0n) is 16.4. The van der Waals surface area contributed by atoms with Gasteiger partial charge in [0.15, 0.2) is 0 Å². The van der Waals surface area contributed by atoms with Gasteiger partial charge >= 0.3 is 6.18 Å². The van der Waals surface area contributed by atoms with Crippen LogP contribution in [0.25, 0.3) is 0 Å². The van der Waals surface area contributed by atoms with Gasteiger partial charge in [0, 0.05) is 31.9 Å². The lowest BCUT2D eigenvalue weighted by molar-refractivity contribution is -0.137. The van der Waals surface area contributed by atoms with E-state index in [9.17, 15) is 22.8 Å². The van der Waals surface area contributed by atoms with Crippen molar-refractivity contribution in [1.82, 2.24) is 10.2 Å². The van der Waals surface area contributed by atoms with E-state index in [1.165, 1.54) is 13.2 Å². The summed E-state index contributed by atoms with van der Waals surface area (Å²) in [5.74, 6) is -0.248. The van der Waals surface area contributed by atoms with Gasteiger partial charge in [0.2, 0.25) is 5.91 Å². The SMILES string of the molecule is COc1ccccc1C(=O)NCC(=O)N1CCN(c2cccc(C(F)(F)F)c2)CC1. The van der Waals surface area contributed by atoms with Crippen LogP contribution >= 0.6 is 0 Å². The number of para-hydroxylation sites is 1. The maximum Gasteiger partial charge on any atom is 0.416 e. The molecule has 6 nitrogen and oxygen atoms in total. The van der Waals surface area contributed by atoms with Crippen LogP contribution in [0.15, 0.2) is 48.5 Å². The number of nitrogens with one attached hydrogen (secondary N) is 1. The van der Waals surface area contributed by atoms with Crippen LogP contribution in [0.1, 0.15) is 15.9 Å². The van der Waals surface area contributed by atoms with E-state index in [1.54, 1.807) is 35.2 Å². The lowest BCUT2D eigenvalue weighted by Crippen LogP contribution is -2.51.